The van der Waals surface area contributed by atoms with Gasteiger partial charge in [0.15, 0.2) is 18.0 Å². The number of hydrogen-bond donors (Lipinski definition) is 6. The normalized spacial score (nSPS) is 30.9. The number of benzene rings is 3. The number of carbonyl (C=O) groups is 6. The zero-order chi connectivity index (χ0) is 46.2. The molecule has 1 amide bonds. The van der Waals surface area contributed by atoms with E-state index in [-0.39, 0.29) is 22.3 Å². The van der Waals surface area contributed by atoms with E-state index in [9.17, 15) is 49.5 Å². The third kappa shape index (κ3) is 8.41. The fourth-order valence-corrected chi connectivity index (χ4v) is 9.67. The second-order valence-corrected chi connectivity index (χ2v) is 17.3. The van der Waals surface area contributed by atoms with Crippen LogP contribution in [0.5, 0.6) is 0 Å². The summed E-state index contributed by atoms with van der Waals surface area (Å²) in [4.78, 5) is 82.5. The Morgan fingerprint density at radius 2 is 1.33 bits per heavy atom. The lowest BCUT2D eigenvalue weighted by Gasteiger charge is -2.64. The molecule has 1 unspecified atom stereocenters. The van der Waals surface area contributed by atoms with E-state index < -0.39 is 126 Å². The van der Waals surface area contributed by atoms with Crippen LogP contribution in [-0.4, -0.2) is 116 Å². The van der Waals surface area contributed by atoms with Gasteiger partial charge in [-0.3, -0.25) is 19.2 Å². The number of hydrogen-bond acceptors (Lipinski definition) is 15. The Morgan fingerprint density at radius 1 is 0.778 bits per heavy atom. The Balaban J connectivity index is 1.54. The number of ketones is 1. The molecule has 11 atom stereocenters. The summed E-state index contributed by atoms with van der Waals surface area (Å²) in [5.74, 6) is -7.97. The average Bonchev–Trinajstić information content (AvgIpc) is 3.25. The van der Waals surface area contributed by atoms with Crippen LogP contribution in [0.2, 0.25) is 0 Å². The van der Waals surface area contributed by atoms with Gasteiger partial charge in [0, 0.05) is 43.6 Å². The molecule has 3 aromatic rings. The van der Waals surface area contributed by atoms with Crippen molar-refractivity contribution in [3.63, 3.8) is 0 Å². The molecule has 16 nitrogen and oxygen atoms in total. The highest BCUT2D eigenvalue weighted by atomic mass is 16.6. The topological polar surface area (TPSA) is 253 Å². The molecule has 0 aromatic heterocycles. The fourth-order valence-electron chi connectivity index (χ4n) is 9.67. The summed E-state index contributed by atoms with van der Waals surface area (Å²) >= 11 is 0. The van der Waals surface area contributed by atoms with Crippen LogP contribution in [-0.2, 0) is 38.1 Å². The van der Waals surface area contributed by atoms with Crippen molar-refractivity contribution in [2.75, 3.05) is 6.61 Å². The summed E-state index contributed by atoms with van der Waals surface area (Å²) in [7, 11) is 0. The van der Waals surface area contributed by atoms with Crippen molar-refractivity contribution in [2.45, 2.75) is 108 Å². The first-order valence-corrected chi connectivity index (χ1v) is 20.5. The van der Waals surface area contributed by atoms with Crippen LogP contribution in [0.4, 0.5) is 0 Å². The summed E-state index contributed by atoms with van der Waals surface area (Å²) in [6.45, 7) is 6.62. The van der Waals surface area contributed by atoms with E-state index in [0.717, 1.165) is 13.8 Å². The Kier molecular flexibility index (Phi) is 13.2. The first-order valence-electron chi connectivity index (χ1n) is 20.5. The standard InChI is InChI=1S/C47H53NO15/c1-25-31(62-43(57)36(53)35(28-16-10-7-11-17-28)48-41(55)29-18-12-8-13-19-29)23-47(59)40(63-42(56)30-20-14-9-15-21-30)38-45(6,32(51)22-33(52)46(38,58)24-60-26(2)49)39(54)37(61-27(3)50)34(25)44(47,4)5/h7-21,31-33,35-38,40,51-53,58-59H,22-24H2,1-6H3,(H,48,55)/t31-,32-,33-,35-,36+,37+,38?,40-,45+,46-,47+/m0/s1. The van der Waals surface area contributed by atoms with Crippen molar-refractivity contribution in [1.29, 1.82) is 0 Å². The summed E-state index contributed by atoms with van der Waals surface area (Å²) in [5.41, 5.74) is -9.00. The number of amides is 1. The number of aliphatic hydroxyl groups is 5. The van der Waals surface area contributed by atoms with Gasteiger partial charge in [0.1, 0.15) is 30.0 Å². The first-order chi connectivity index (χ1) is 29.6. The lowest BCUT2D eigenvalue weighted by molar-refractivity contribution is -0.286. The number of nitrogens with one attached hydrogen (secondary N) is 1. The zero-order valence-corrected chi connectivity index (χ0v) is 35.7. The molecule has 16 heteroatoms. The third-order valence-corrected chi connectivity index (χ3v) is 13.2. The van der Waals surface area contributed by atoms with Gasteiger partial charge in [0.2, 0.25) is 0 Å². The van der Waals surface area contributed by atoms with Gasteiger partial charge in [-0.1, -0.05) is 80.6 Å². The number of aliphatic hydroxyl groups excluding tert-OH is 3. The molecule has 3 aliphatic carbocycles. The summed E-state index contributed by atoms with van der Waals surface area (Å²) in [5, 5.41) is 64.3. The van der Waals surface area contributed by atoms with Crippen LogP contribution in [0.15, 0.2) is 102 Å². The molecule has 2 saturated carbocycles. The maximum Gasteiger partial charge on any atom is 0.338 e. The highest BCUT2D eigenvalue weighted by molar-refractivity contribution is 5.96. The second kappa shape index (κ2) is 17.8. The highest BCUT2D eigenvalue weighted by Crippen LogP contribution is 2.62. The fraction of sp³-hybridized carbons (Fsp3) is 0.447. The van der Waals surface area contributed by atoms with E-state index in [2.05, 4.69) is 5.32 Å². The van der Waals surface area contributed by atoms with Crippen molar-refractivity contribution in [3.05, 3.63) is 119 Å². The molecule has 2 bridgehead atoms. The number of ether oxygens (including phenoxy) is 4. The van der Waals surface area contributed by atoms with Crippen molar-refractivity contribution >= 4 is 35.6 Å². The molecule has 6 rings (SSSR count). The van der Waals surface area contributed by atoms with E-state index in [1.54, 1.807) is 54.6 Å². The number of rotatable bonds is 11. The van der Waals surface area contributed by atoms with E-state index >= 15 is 4.79 Å². The number of fused-ring (bicyclic) bond motifs is 3. The van der Waals surface area contributed by atoms with Gasteiger partial charge in [-0.15, -0.1) is 0 Å². The van der Waals surface area contributed by atoms with Gasteiger partial charge in [0.05, 0.1) is 29.2 Å². The molecule has 3 aliphatic rings. The van der Waals surface area contributed by atoms with Gasteiger partial charge in [-0.25, -0.2) is 9.59 Å². The van der Waals surface area contributed by atoms with Gasteiger partial charge < -0.3 is 49.8 Å². The van der Waals surface area contributed by atoms with E-state index in [4.69, 9.17) is 18.9 Å². The lowest BCUT2D eigenvalue weighted by atomic mass is 9.45. The van der Waals surface area contributed by atoms with E-state index in [0.29, 0.717) is 5.56 Å². The minimum absolute atomic E-state index is 0.0365. The summed E-state index contributed by atoms with van der Waals surface area (Å²) in [6.07, 6.45) is -13.0. The smallest absolute Gasteiger partial charge is 0.338 e. The largest absolute Gasteiger partial charge is 0.463 e. The van der Waals surface area contributed by atoms with Crippen LogP contribution < -0.4 is 5.32 Å². The third-order valence-electron chi connectivity index (χ3n) is 13.2. The van der Waals surface area contributed by atoms with Gasteiger partial charge >= 0.3 is 23.9 Å². The maximum absolute atomic E-state index is 15.4. The van der Waals surface area contributed by atoms with Crippen molar-refractivity contribution in [2.24, 2.45) is 16.7 Å². The van der Waals surface area contributed by atoms with Crippen LogP contribution in [0, 0.1) is 16.7 Å². The monoisotopic (exact) mass is 871 g/mol. The van der Waals surface area contributed by atoms with Gasteiger partial charge in [0.25, 0.3) is 5.91 Å². The summed E-state index contributed by atoms with van der Waals surface area (Å²) < 4.78 is 23.3. The van der Waals surface area contributed by atoms with Crippen molar-refractivity contribution < 1.29 is 73.2 Å². The molecule has 0 heterocycles. The maximum atomic E-state index is 15.4. The minimum atomic E-state index is -2.75. The van der Waals surface area contributed by atoms with E-state index in [1.807, 2.05) is 0 Å². The molecule has 0 spiro atoms. The van der Waals surface area contributed by atoms with Crippen LogP contribution in [0.3, 0.4) is 0 Å². The Bertz CT molecular complexity index is 2260. The molecule has 63 heavy (non-hydrogen) atoms. The van der Waals surface area contributed by atoms with Gasteiger partial charge in [-0.2, -0.15) is 0 Å². The second-order valence-electron chi connectivity index (χ2n) is 17.3. The Labute approximate surface area is 363 Å². The minimum Gasteiger partial charge on any atom is -0.463 e. The summed E-state index contributed by atoms with van der Waals surface area (Å²) in [6, 6.07) is 22.3. The molecule has 336 valence electrons. The predicted octanol–water partition coefficient (Wildman–Crippen LogP) is 2.69. The zero-order valence-electron chi connectivity index (χ0n) is 35.7. The van der Waals surface area contributed by atoms with Crippen LogP contribution in [0.25, 0.3) is 0 Å². The molecule has 2 fully saturated rings. The molecular formula is C47H53NO15. The number of Topliss-reactive ketones (excluding diaryl/α,β-unsaturated/α-hetero) is 1. The SMILES string of the molecule is CC(=O)OC[C@@]1(O)C2[C@H](OC(=O)c3ccccc3)[C@]3(O)C[C@H](OC(=O)[C@H](O)[C@@H](NC(=O)c4ccccc4)c4ccccc4)C(C)=C([C@@H](OC(C)=O)C(=O)[C@]2(C)[C@@H](O)C[C@@H]1O)C3(C)C. The molecule has 0 radical (unpaired) electrons. The van der Waals surface area contributed by atoms with Crippen molar-refractivity contribution in [3.8, 4) is 0 Å². The Hall–Kier alpha value is -5.78. The highest BCUT2D eigenvalue weighted by Gasteiger charge is 2.75. The number of esters is 4. The van der Waals surface area contributed by atoms with Gasteiger partial charge in [-0.05, 0) is 54.8 Å². The molecule has 0 saturated heterocycles. The van der Waals surface area contributed by atoms with Crippen molar-refractivity contribution in [1.82, 2.24) is 5.32 Å². The van der Waals surface area contributed by atoms with E-state index in [1.165, 1.54) is 64.1 Å². The van der Waals surface area contributed by atoms with Crippen LogP contribution >= 0.6 is 0 Å². The Morgan fingerprint density at radius 3 is 1.89 bits per heavy atom. The molecule has 6 N–H and O–H groups in total. The number of carbonyl (C=O) groups excluding carboxylic acids is 6. The average molecular weight is 872 g/mol. The lowest BCUT2D eigenvalue weighted by Crippen LogP contribution is -2.78. The van der Waals surface area contributed by atoms with Crippen LogP contribution in [0.1, 0.15) is 86.7 Å². The quantitative estimate of drug-likeness (QED) is 0.0921. The molecule has 0 aliphatic heterocycles. The molecular weight excluding hydrogens is 819 g/mol. The molecule has 3 aromatic carbocycles. The first kappa shape index (κ1) is 46.7. The predicted molar refractivity (Wildman–Crippen MR) is 221 cm³/mol.